The van der Waals surface area contributed by atoms with Gasteiger partial charge < -0.3 is 14.7 Å². The minimum absolute atomic E-state index is 0.0268. The maximum atomic E-state index is 12.5. The van der Waals surface area contributed by atoms with E-state index in [0.29, 0.717) is 32.7 Å². The molecular formula is C19H24N2O4. The van der Waals surface area contributed by atoms with E-state index in [2.05, 4.69) is 4.90 Å². The summed E-state index contributed by atoms with van der Waals surface area (Å²) in [5, 5.41) is 9.75. The number of ether oxygens (including phenoxy) is 1. The van der Waals surface area contributed by atoms with Crippen molar-refractivity contribution in [2.45, 2.75) is 6.92 Å². The van der Waals surface area contributed by atoms with Crippen molar-refractivity contribution in [1.29, 1.82) is 0 Å². The van der Waals surface area contributed by atoms with Gasteiger partial charge in [0.2, 0.25) is 5.91 Å². The van der Waals surface area contributed by atoms with Crippen LogP contribution in [0.3, 0.4) is 0 Å². The molecular weight excluding hydrogens is 320 g/mol. The monoisotopic (exact) mass is 344 g/mol. The van der Waals surface area contributed by atoms with Crippen LogP contribution < -0.4 is 4.74 Å². The van der Waals surface area contributed by atoms with Crippen LogP contribution >= 0.6 is 0 Å². The molecule has 0 unspecified atom stereocenters. The predicted molar refractivity (Wildman–Crippen MR) is 94.3 cm³/mol. The first-order valence-electron chi connectivity index (χ1n) is 8.56. The standard InChI is InChI=1S/C19H24N2O4/c1-3-21-13-19(18(23)24)12-20(11-15(19)17(21)22)10-6-8-14-7-4-5-9-16(14)25-2/h4-9,15H,3,10-13H2,1-2H3,(H,23,24)/t15-,19-/m0/s1. The van der Waals surface area contributed by atoms with Gasteiger partial charge in [-0.05, 0) is 13.0 Å². The Bertz CT molecular complexity index is 702. The first kappa shape index (κ1) is 17.5. The predicted octanol–water partition coefficient (Wildman–Crippen LogP) is 1.57. The number of nitrogens with zero attached hydrogens (tertiary/aromatic N) is 2. The van der Waals surface area contributed by atoms with Crippen molar-refractivity contribution in [1.82, 2.24) is 9.80 Å². The summed E-state index contributed by atoms with van der Waals surface area (Å²) < 4.78 is 5.32. The Balaban J connectivity index is 1.70. The molecule has 2 atom stereocenters. The number of rotatable bonds is 6. The number of amides is 1. The maximum absolute atomic E-state index is 12.5. The van der Waals surface area contributed by atoms with E-state index < -0.39 is 17.3 Å². The van der Waals surface area contributed by atoms with E-state index in [1.54, 1.807) is 12.0 Å². The lowest BCUT2D eigenvalue weighted by atomic mass is 9.81. The zero-order valence-electron chi connectivity index (χ0n) is 14.6. The van der Waals surface area contributed by atoms with Gasteiger partial charge in [0.1, 0.15) is 11.2 Å². The third-order valence-corrected chi connectivity index (χ3v) is 5.30. The number of carbonyl (C=O) groups excluding carboxylic acids is 1. The number of hydrogen-bond donors (Lipinski definition) is 1. The number of benzene rings is 1. The van der Waals surface area contributed by atoms with E-state index in [-0.39, 0.29) is 5.91 Å². The molecule has 0 spiro atoms. The number of fused-ring (bicyclic) bond motifs is 1. The molecule has 25 heavy (non-hydrogen) atoms. The molecule has 2 aliphatic heterocycles. The SMILES string of the molecule is CCN1C[C@@]2(C(=O)O)CN(CC=Cc3ccccc3OC)C[C@H]2C1=O. The van der Waals surface area contributed by atoms with Crippen LogP contribution in [0.1, 0.15) is 12.5 Å². The summed E-state index contributed by atoms with van der Waals surface area (Å²) in [7, 11) is 1.63. The van der Waals surface area contributed by atoms with Gasteiger partial charge in [-0.2, -0.15) is 0 Å². The number of carbonyl (C=O) groups is 2. The first-order valence-corrected chi connectivity index (χ1v) is 8.56. The number of para-hydroxylation sites is 1. The molecule has 1 aromatic rings. The van der Waals surface area contributed by atoms with Crippen LogP contribution in [-0.2, 0) is 9.59 Å². The highest BCUT2D eigenvalue weighted by atomic mass is 16.5. The van der Waals surface area contributed by atoms with Crippen molar-refractivity contribution < 1.29 is 19.4 Å². The molecule has 2 aliphatic rings. The van der Waals surface area contributed by atoms with Crippen LogP contribution in [0.15, 0.2) is 30.3 Å². The van der Waals surface area contributed by atoms with Gasteiger partial charge in [-0.15, -0.1) is 0 Å². The second-order valence-corrected chi connectivity index (χ2v) is 6.70. The van der Waals surface area contributed by atoms with E-state index in [0.717, 1.165) is 11.3 Å². The van der Waals surface area contributed by atoms with Crippen molar-refractivity contribution in [3.8, 4) is 5.75 Å². The van der Waals surface area contributed by atoms with E-state index >= 15 is 0 Å². The highest BCUT2D eigenvalue weighted by Gasteiger charge is 2.61. The molecule has 134 valence electrons. The molecule has 2 saturated heterocycles. The van der Waals surface area contributed by atoms with E-state index in [1.807, 2.05) is 43.3 Å². The maximum Gasteiger partial charge on any atom is 0.313 e. The Hall–Kier alpha value is -2.34. The van der Waals surface area contributed by atoms with Crippen molar-refractivity contribution in [2.24, 2.45) is 11.3 Å². The molecule has 0 radical (unpaired) electrons. The molecule has 6 nitrogen and oxygen atoms in total. The Morgan fingerprint density at radius 1 is 1.40 bits per heavy atom. The lowest BCUT2D eigenvalue weighted by Crippen LogP contribution is -2.40. The molecule has 2 heterocycles. The Labute approximate surface area is 147 Å². The molecule has 1 aromatic carbocycles. The van der Waals surface area contributed by atoms with Gasteiger partial charge in [-0.1, -0.05) is 30.4 Å². The van der Waals surface area contributed by atoms with Crippen LogP contribution in [-0.4, -0.2) is 66.6 Å². The Morgan fingerprint density at radius 2 is 2.16 bits per heavy atom. The zero-order valence-corrected chi connectivity index (χ0v) is 14.6. The highest BCUT2D eigenvalue weighted by molar-refractivity contribution is 5.92. The molecule has 0 aromatic heterocycles. The second kappa shape index (κ2) is 6.88. The third-order valence-electron chi connectivity index (χ3n) is 5.30. The van der Waals surface area contributed by atoms with Crippen molar-refractivity contribution >= 4 is 18.0 Å². The summed E-state index contributed by atoms with van der Waals surface area (Å²) in [4.78, 5) is 28.1. The van der Waals surface area contributed by atoms with Gasteiger partial charge in [-0.25, -0.2) is 0 Å². The fourth-order valence-corrected chi connectivity index (χ4v) is 3.94. The van der Waals surface area contributed by atoms with Crippen LogP contribution in [0, 0.1) is 11.3 Å². The van der Waals surface area contributed by atoms with Gasteiger partial charge >= 0.3 is 5.97 Å². The minimum atomic E-state index is -0.967. The number of likely N-dealkylation sites (tertiary alicyclic amines) is 2. The van der Waals surface area contributed by atoms with Crippen molar-refractivity contribution in [2.75, 3.05) is 39.8 Å². The molecule has 0 aliphatic carbocycles. The summed E-state index contributed by atoms with van der Waals surface area (Å²) in [6.45, 7) is 4.29. The van der Waals surface area contributed by atoms with Gasteiger partial charge in [-0.3, -0.25) is 14.5 Å². The summed E-state index contributed by atoms with van der Waals surface area (Å²) >= 11 is 0. The zero-order chi connectivity index (χ0) is 18.0. The number of methoxy groups -OCH3 is 1. The van der Waals surface area contributed by atoms with Crippen LogP contribution in [0.5, 0.6) is 5.75 Å². The largest absolute Gasteiger partial charge is 0.496 e. The lowest BCUT2D eigenvalue weighted by molar-refractivity contribution is -0.149. The number of aliphatic carboxylic acids is 1. The lowest BCUT2D eigenvalue weighted by Gasteiger charge is -2.24. The number of carboxylic acids is 1. The van der Waals surface area contributed by atoms with Gasteiger partial charge in [0, 0.05) is 38.3 Å². The van der Waals surface area contributed by atoms with Crippen LogP contribution in [0.25, 0.3) is 6.08 Å². The smallest absolute Gasteiger partial charge is 0.313 e. The van der Waals surface area contributed by atoms with E-state index in [1.165, 1.54) is 0 Å². The van der Waals surface area contributed by atoms with Crippen LogP contribution in [0.4, 0.5) is 0 Å². The molecule has 3 rings (SSSR count). The normalized spacial score (nSPS) is 26.4. The molecule has 1 amide bonds. The molecule has 1 N–H and O–H groups in total. The van der Waals surface area contributed by atoms with Crippen molar-refractivity contribution in [3.63, 3.8) is 0 Å². The second-order valence-electron chi connectivity index (χ2n) is 6.70. The van der Waals surface area contributed by atoms with Gasteiger partial charge in [0.15, 0.2) is 0 Å². The summed E-state index contributed by atoms with van der Waals surface area (Å²) in [5.74, 6) is -0.531. The summed E-state index contributed by atoms with van der Waals surface area (Å²) in [5.41, 5.74) is 0.0105. The molecule has 2 fully saturated rings. The first-order chi connectivity index (χ1) is 12.0. The number of carboxylic acid groups (broad SMARTS) is 1. The summed E-state index contributed by atoms with van der Waals surface area (Å²) in [6, 6.07) is 7.73. The van der Waals surface area contributed by atoms with Crippen LogP contribution in [0.2, 0.25) is 0 Å². The molecule has 0 saturated carbocycles. The van der Waals surface area contributed by atoms with E-state index in [4.69, 9.17) is 4.74 Å². The summed E-state index contributed by atoms with van der Waals surface area (Å²) in [6.07, 6.45) is 3.97. The van der Waals surface area contributed by atoms with Gasteiger partial charge in [0.05, 0.1) is 13.0 Å². The topological polar surface area (TPSA) is 70.1 Å². The Kier molecular flexibility index (Phi) is 4.81. The third kappa shape index (κ3) is 3.02. The average molecular weight is 344 g/mol. The quantitative estimate of drug-likeness (QED) is 0.848. The highest BCUT2D eigenvalue weighted by Crippen LogP contribution is 2.43. The van der Waals surface area contributed by atoms with Crippen molar-refractivity contribution in [3.05, 3.63) is 35.9 Å². The number of hydrogen-bond acceptors (Lipinski definition) is 4. The fraction of sp³-hybridized carbons (Fsp3) is 0.474. The minimum Gasteiger partial charge on any atom is -0.496 e. The Morgan fingerprint density at radius 3 is 2.80 bits per heavy atom. The fourth-order valence-electron chi connectivity index (χ4n) is 3.94. The van der Waals surface area contributed by atoms with E-state index in [9.17, 15) is 14.7 Å². The van der Waals surface area contributed by atoms with Gasteiger partial charge in [0.25, 0.3) is 0 Å². The molecule has 0 bridgehead atoms. The molecule has 6 heteroatoms. The average Bonchev–Trinajstić information content (AvgIpc) is 3.11.